The Morgan fingerprint density at radius 1 is 0.923 bits per heavy atom. The summed E-state index contributed by atoms with van der Waals surface area (Å²) in [6.07, 6.45) is 1.59. The van der Waals surface area contributed by atoms with Crippen molar-refractivity contribution in [3.8, 4) is 11.6 Å². The number of aromatic nitrogens is 2. The number of hydrogen-bond acceptors (Lipinski definition) is 5. The van der Waals surface area contributed by atoms with Crippen LogP contribution in [0.25, 0.3) is 11.6 Å². The van der Waals surface area contributed by atoms with E-state index in [9.17, 15) is 0 Å². The van der Waals surface area contributed by atoms with E-state index in [4.69, 9.17) is 8.94 Å². The van der Waals surface area contributed by atoms with Crippen molar-refractivity contribution in [2.24, 2.45) is 0 Å². The smallest absolute Gasteiger partial charge is 0.241 e. The van der Waals surface area contributed by atoms with Crippen LogP contribution in [0, 0.1) is 6.92 Å². The van der Waals surface area contributed by atoms with Gasteiger partial charge in [0.05, 0.1) is 18.8 Å². The molecule has 0 saturated heterocycles. The highest BCUT2D eigenvalue weighted by Crippen LogP contribution is 2.23. The molecule has 0 aliphatic heterocycles. The number of nitrogens with zero attached hydrogens (tertiary/aromatic N) is 2. The standard InChI is InChI=1S/C21H19N3O2/c1-15-9-11-17(12-10-15)20(16-6-3-2-4-7-16)22-14-19-23-21(24-26-19)18-8-5-13-25-18/h2-13,20,22H,14H2,1H3. The Morgan fingerprint density at radius 3 is 2.42 bits per heavy atom. The number of aryl methyl sites for hydroxylation is 1. The summed E-state index contributed by atoms with van der Waals surface area (Å²) in [5, 5.41) is 7.49. The molecule has 5 nitrogen and oxygen atoms in total. The van der Waals surface area contributed by atoms with Gasteiger partial charge in [0, 0.05) is 0 Å². The largest absolute Gasteiger partial charge is 0.461 e. The molecular formula is C21H19N3O2. The van der Waals surface area contributed by atoms with E-state index in [2.05, 4.69) is 58.8 Å². The lowest BCUT2D eigenvalue weighted by molar-refractivity contribution is 0.362. The monoisotopic (exact) mass is 345 g/mol. The van der Waals surface area contributed by atoms with Gasteiger partial charge in [0.2, 0.25) is 11.7 Å². The SMILES string of the molecule is Cc1ccc(C(NCc2nc(-c3ccco3)no2)c2ccccc2)cc1. The van der Waals surface area contributed by atoms with Crippen molar-refractivity contribution in [3.63, 3.8) is 0 Å². The van der Waals surface area contributed by atoms with Crippen molar-refractivity contribution in [2.45, 2.75) is 19.5 Å². The van der Waals surface area contributed by atoms with Crippen LogP contribution in [0.4, 0.5) is 0 Å². The second-order valence-corrected chi connectivity index (χ2v) is 6.12. The third kappa shape index (κ3) is 3.58. The summed E-state index contributed by atoms with van der Waals surface area (Å²) in [7, 11) is 0. The van der Waals surface area contributed by atoms with E-state index >= 15 is 0 Å². The third-order valence-corrected chi connectivity index (χ3v) is 4.21. The molecule has 1 N–H and O–H groups in total. The predicted octanol–water partition coefficient (Wildman–Crippen LogP) is 4.52. The molecule has 1 unspecified atom stereocenters. The number of benzene rings is 2. The molecule has 2 heterocycles. The number of furan rings is 1. The molecule has 0 radical (unpaired) electrons. The average molecular weight is 345 g/mol. The maximum absolute atomic E-state index is 5.35. The van der Waals surface area contributed by atoms with Gasteiger partial charge >= 0.3 is 0 Å². The molecule has 26 heavy (non-hydrogen) atoms. The Morgan fingerprint density at radius 2 is 1.69 bits per heavy atom. The van der Waals surface area contributed by atoms with Crippen molar-refractivity contribution in [3.05, 3.63) is 95.6 Å². The molecule has 1 atom stereocenters. The molecule has 0 aliphatic carbocycles. The second-order valence-electron chi connectivity index (χ2n) is 6.12. The summed E-state index contributed by atoms with van der Waals surface area (Å²) in [6, 6.07) is 22.5. The first kappa shape index (κ1) is 16.3. The topological polar surface area (TPSA) is 64.1 Å². The first-order valence-electron chi connectivity index (χ1n) is 8.51. The van der Waals surface area contributed by atoms with Crippen LogP contribution in [-0.2, 0) is 6.54 Å². The number of rotatable bonds is 6. The van der Waals surface area contributed by atoms with E-state index in [0.29, 0.717) is 24.0 Å². The maximum Gasteiger partial charge on any atom is 0.241 e. The van der Waals surface area contributed by atoms with Gasteiger partial charge in [-0.1, -0.05) is 65.3 Å². The molecule has 5 heteroatoms. The van der Waals surface area contributed by atoms with Gasteiger partial charge in [-0.2, -0.15) is 4.98 Å². The van der Waals surface area contributed by atoms with E-state index in [1.807, 2.05) is 18.2 Å². The summed E-state index contributed by atoms with van der Waals surface area (Å²) in [5.41, 5.74) is 3.61. The Hall–Kier alpha value is -3.18. The van der Waals surface area contributed by atoms with Crippen molar-refractivity contribution in [2.75, 3.05) is 0 Å². The lowest BCUT2D eigenvalue weighted by Gasteiger charge is -2.19. The van der Waals surface area contributed by atoms with Crippen LogP contribution < -0.4 is 5.32 Å². The van der Waals surface area contributed by atoms with Crippen molar-refractivity contribution >= 4 is 0 Å². The minimum atomic E-state index is 0.0377. The minimum Gasteiger partial charge on any atom is -0.461 e. The zero-order chi connectivity index (χ0) is 17.8. The normalized spacial score (nSPS) is 12.2. The zero-order valence-corrected chi connectivity index (χ0v) is 14.4. The number of hydrogen-bond donors (Lipinski definition) is 1. The van der Waals surface area contributed by atoms with Crippen molar-refractivity contribution in [1.29, 1.82) is 0 Å². The highest BCUT2D eigenvalue weighted by Gasteiger charge is 2.16. The Bertz CT molecular complexity index is 945. The lowest BCUT2D eigenvalue weighted by atomic mass is 9.98. The maximum atomic E-state index is 5.35. The molecule has 130 valence electrons. The van der Waals surface area contributed by atoms with E-state index in [1.165, 1.54) is 16.7 Å². The molecule has 2 aromatic carbocycles. The van der Waals surface area contributed by atoms with Crippen LogP contribution in [0.1, 0.15) is 28.6 Å². The van der Waals surface area contributed by atoms with Gasteiger partial charge in [-0.25, -0.2) is 0 Å². The second kappa shape index (κ2) is 7.37. The molecule has 0 saturated carbocycles. The molecule has 0 bridgehead atoms. The van der Waals surface area contributed by atoms with Crippen LogP contribution >= 0.6 is 0 Å². The summed E-state index contributed by atoms with van der Waals surface area (Å²) >= 11 is 0. The lowest BCUT2D eigenvalue weighted by Crippen LogP contribution is -2.22. The Balaban J connectivity index is 1.54. The fourth-order valence-corrected chi connectivity index (χ4v) is 2.85. The van der Waals surface area contributed by atoms with Gasteiger partial charge in [-0.3, -0.25) is 5.32 Å². The molecule has 4 rings (SSSR count). The summed E-state index contributed by atoms with van der Waals surface area (Å²) in [5.74, 6) is 1.57. The van der Waals surface area contributed by atoms with Gasteiger partial charge in [-0.05, 0) is 30.2 Å². The van der Waals surface area contributed by atoms with Crippen molar-refractivity contribution < 1.29 is 8.94 Å². The molecule has 0 amide bonds. The Labute approximate surface area is 151 Å². The quantitative estimate of drug-likeness (QED) is 0.557. The van der Waals surface area contributed by atoms with Crippen LogP contribution in [0.3, 0.4) is 0 Å². The predicted molar refractivity (Wildman–Crippen MR) is 98.3 cm³/mol. The molecule has 4 aromatic rings. The van der Waals surface area contributed by atoms with Gasteiger partial charge in [0.15, 0.2) is 5.76 Å². The van der Waals surface area contributed by atoms with E-state index < -0.39 is 0 Å². The highest BCUT2D eigenvalue weighted by molar-refractivity contribution is 5.44. The molecule has 0 aliphatic rings. The molecule has 0 spiro atoms. The Kier molecular flexibility index (Phi) is 4.62. The third-order valence-electron chi connectivity index (χ3n) is 4.21. The molecule has 0 fully saturated rings. The van der Waals surface area contributed by atoms with Crippen LogP contribution in [0.2, 0.25) is 0 Å². The minimum absolute atomic E-state index is 0.0377. The van der Waals surface area contributed by atoms with E-state index in [0.717, 1.165) is 0 Å². The van der Waals surface area contributed by atoms with Crippen molar-refractivity contribution in [1.82, 2.24) is 15.5 Å². The molecule has 2 aromatic heterocycles. The first-order chi connectivity index (χ1) is 12.8. The van der Waals surface area contributed by atoms with Gasteiger partial charge in [0.1, 0.15) is 0 Å². The van der Waals surface area contributed by atoms with Crippen LogP contribution in [0.5, 0.6) is 0 Å². The zero-order valence-electron chi connectivity index (χ0n) is 14.4. The first-order valence-corrected chi connectivity index (χ1v) is 8.51. The van der Waals surface area contributed by atoms with Crippen LogP contribution in [-0.4, -0.2) is 10.1 Å². The van der Waals surface area contributed by atoms with Gasteiger partial charge in [-0.15, -0.1) is 0 Å². The average Bonchev–Trinajstić information content (AvgIpc) is 3.36. The summed E-state index contributed by atoms with van der Waals surface area (Å²) < 4.78 is 10.6. The highest BCUT2D eigenvalue weighted by atomic mass is 16.5. The van der Waals surface area contributed by atoms with Gasteiger partial charge in [0.25, 0.3) is 0 Å². The van der Waals surface area contributed by atoms with E-state index in [-0.39, 0.29) is 6.04 Å². The molecular weight excluding hydrogens is 326 g/mol. The fraction of sp³-hybridized carbons (Fsp3) is 0.143. The summed E-state index contributed by atoms with van der Waals surface area (Å²) in [6.45, 7) is 2.55. The van der Waals surface area contributed by atoms with E-state index in [1.54, 1.807) is 18.4 Å². The van der Waals surface area contributed by atoms with Gasteiger partial charge < -0.3 is 8.94 Å². The fourth-order valence-electron chi connectivity index (χ4n) is 2.85. The summed E-state index contributed by atoms with van der Waals surface area (Å²) in [4.78, 5) is 4.39. The number of nitrogens with one attached hydrogen (secondary N) is 1. The van der Waals surface area contributed by atoms with Crippen LogP contribution in [0.15, 0.2) is 81.9 Å².